The van der Waals surface area contributed by atoms with Crippen LogP contribution in [0.1, 0.15) is 18.5 Å². The van der Waals surface area contributed by atoms with Gasteiger partial charge >= 0.3 is 0 Å². The Kier molecular flexibility index (Phi) is 4.82. The van der Waals surface area contributed by atoms with Crippen LogP contribution in [0.3, 0.4) is 0 Å². The Morgan fingerprint density at radius 2 is 2.43 bits per heavy atom. The van der Waals surface area contributed by atoms with Crippen molar-refractivity contribution in [2.75, 3.05) is 29.9 Å². The summed E-state index contributed by atoms with van der Waals surface area (Å²) >= 11 is 0. The lowest BCUT2D eigenvalue weighted by atomic mass is 10.1. The van der Waals surface area contributed by atoms with Crippen molar-refractivity contribution in [3.05, 3.63) is 30.1 Å². The number of hydrogen-bond acceptors (Lipinski definition) is 7. The second-order valence-corrected chi connectivity index (χ2v) is 5.63. The minimum Gasteiger partial charge on any atom is -0.354 e. The smallest absolute Gasteiger partial charge is 0.240 e. The molecule has 1 atom stereocenters. The Labute approximate surface area is 134 Å². The van der Waals surface area contributed by atoms with E-state index in [9.17, 15) is 4.79 Å². The van der Waals surface area contributed by atoms with E-state index in [0.717, 1.165) is 37.4 Å². The van der Waals surface area contributed by atoms with Gasteiger partial charge in [-0.2, -0.15) is 5.10 Å². The van der Waals surface area contributed by atoms with E-state index in [0.29, 0.717) is 5.88 Å². The maximum Gasteiger partial charge on any atom is 0.240 e. The Morgan fingerprint density at radius 3 is 3.17 bits per heavy atom. The number of rotatable bonds is 5. The van der Waals surface area contributed by atoms with Gasteiger partial charge in [-0.25, -0.2) is 0 Å². The first kappa shape index (κ1) is 15.4. The number of anilines is 2. The summed E-state index contributed by atoms with van der Waals surface area (Å²) in [6, 6.07) is 5.77. The average Bonchev–Trinajstić information content (AvgIpc) is 2.99. The van der Waals surface area contributed by atoms with Crippen LogP contribution in [0.25, 0.3) is 0 Å². The molecule has 2 aromatic rings. The SMILES string of the molecule is Cc1cc(NC(=O)CN[C@H]2CCCN(c3cccnn3)C2)on1. The molecule has 122 valence electrons. The third kappa shape index (κ3) is 4.26. The Balaban J connectivity index is 1.47. The normalized spacial score (nSPS) is 18.0. The van der Waals surface area contributed by atoms with Crippen LogP contribution >= 0.6 is 0 Å². The largest absolute Gasteiger partial charge is 0.354 e. The molecule has 8 nitrogen and oxygen atoms in total. The van der Waals surface area contributed by atoms with E-state index in [-0.39, 0.29) is 18.5 Å². The molecule has 0 spiro atoms. The Morgan fingerprint density at radius 1 is 1.52 bits per heavy atom. The van der Waals surface area contributed by atoms with Crippen LogP contribution in [0.4, 0.5) is 11.7 Å². The predicted octanol–water partition coefficient (Wildman–Crippen LogP) is 0.970. The molecular weight excluding hydrogens is 296 g/mol. The molecule has 1 aliphatic heterocycles. The summed E-state index contributed by atoms with van der Waals surface area (Å²) in [4.78, 5) is 14.1. The minimum absolute atomic E-state index is 0.141. The highest BCUT2D eigenvalue weighted by Gasteiger charge is 2.21. The van der Waals surface area contributed by atoms with E-state index in [1.165, 1.54) is 0 Å². The van der Waals surface area contributed by atoms with Gasteiger partial charge in [-0.1, -0.05) is 5.16 Å². The molecule has 1 amide bonds. The van der Waals surface area contributed by atoms with Gasteiger partial charge in [0.1, 0.15) is 0 Å². The second-order valence-electron chi connectivity index (χ2n) is 5.63. The van der Waals surface area contributed by atoms with Gasteiger partial charge in [0.25, 0.3) is 0 Å². The minimum atomic E-state index is -0.141. The van der Waals surface area contributed by atoms with Gasteiger partial charge < -0.3 is 14.7 Å². The predicted molar refractivity (Wildman–Crippen MR) is 85.1 cm³/mol. The summed E-state index contributed by atoms with van der Waals surface area (Å²) in [7, 11) is 0. The quantitative estimate of drug-likeness (QED) is 0.848. The van der Waals surface area contributed by atoms with Crippen molar-refractivity contribution in [2.45, 2.75) is 25.8 Å². The lowest BCUT2D eigenvalue weighted by Gasteiger charge is -2.33. The summed E-state index contributed by atoms with van der Waals surface area (Å²) in [6.07, 6.45) is 3.75. The Bertz CT molecular complexity index is 644. The number of carbonyl (C=O) groups is 1. The lowest BCUT2D eigenvalue weighted by Crippen LogP contribution is -2.48. The summed E-state index contributed by atoms with van der Waals surface area (Å²) in [6.45, 7) is 3.81. The van der Waals surface area contributed by atoms with Crippen LogP contribution in [-0.4, -0.2) is 46.9 Å². The van der Waals surface area contributed by atoms with E-state index in [4.69, 9.17) is 4.52 Å². The number of aromatic nitrogens is 3. The van der Waals surface area contributed by atoms with Crippen LogP contribution in [0.2, 0.25) is 0 Å². The summed E-state index contributed by atoms with van der Waals surface area (Å²) in [5.41, 5.74) is 0.736. The maximum absolute atomic E-state index is 11.9. The number of carbonyl (C=O) groups excluding carboxylic acids is 1. The molecule has 2 aromatic heterocycles. The van der Waals surface area contributed by atoms with Crippen LogP contribution in [-0.2, 0) is 4.79 Å². The van der Waals surface area contributed by atoms with Crippen molar-refractivity contribution in [2.24, 2.45) is 0 Å². The molecule has 3 heterocycles. The zero-order valence-electron chi connectivity index (χ0n) is 13.0. The van der Waals surface area contributed by atoms with Gasteiger partial charge in [0.15, 0.2) is 5.82 Å². The molecule has 0 bridgehead atoms. The van der Waals surface area contributed by atoms with E-state index in [2.05, 4.69) is 30.9 Å². The zero-order chi connectivity index (χ0) is 16.1. The summed E-state index contributed by atoms with van der Waals surface area (Å²) < 4.78 is 4.97. The molecule has 23 heavy (non-hydrogen) atoms. The highest BCUT2D eigenvalue weighted by molar-refractivity contribution is 5.90. The number of piperidine rings is 1. The van der Waals surface area contributed by atoms with Crippen LogP contribution in [0.5, 0.6) is 0 Å². The molecule has 2 N–H and O–H groups in total. The van der Waals surface area contributed by atoms with E-state index >= 15 is 0 Å². The highest BCUT2D eigenvalue weighted by Crippen LogP contribution is 2.16. The zero-order valence-corrected chi connectivity index (χ0v) is 13.0. The molecule has 3 rings (SSSR count). The molecule has 0 saturated carbocycles. The van der Waals surface area contributed by atoms with E-state index in [1.54, 1.807) is 19.2 Å². The molecule has 0 aliphatic carbocycles. The molecule has 1 saturated heterocycles. The van der Waals surface area contributed by atoms with Gasteiger partial charge in [0.2, 0.25) is 11.8 Å². The number of aryl methyl sites for hydroxylation is 1. The molecule has 0 radical (unpaired) electrons. The van der Waals surface area contributed by atoms with Crippen LogP contribution < -0.4 is 15.5 Å². The molecule has 1 aliphatic rings. The van der Waals surface area contributed by atoms with Gasteiger partial charge in [0.05, 0.1) is 12.2 Å². The van der Waals surface area contributed by atoms with Crippen molar-refractivity contribution in [1.29, 1.82) is 0 Å². The fourth-order valence-electron chi connectivity index (χ4n) is 2.66. The fourth-order valence-corrected chi connectivity index (χ4v) is 2.66. The molecular formula is C15H20N6O2. The summed E-state index contributed by atoms with van der Waals surface area (Å²) in [5.74, 6) is 1.11. The Hall–Kier alpha value is -2.48. The van der Waals surface area contributed by atoms with Crippen LogP contribution in [0, 0.1) is 6.92 Å². The molecule has 0 unspecified atom stereocenters. The first-order valence-electron chi connectivity index (χ1n) is 7.70. The monoisotopic (exact) mass is 316 g/mol. The topological polar surface area (TPSA) is 96.2 Å². The van der Waals surface area contributed by atoms with Crippen molar-refractivity contribution in [1.82, 2.24) is 20.7 Å². The van der Waals surface area contributed by atoms with Crippen molar-refractivity contribution >= 4 is 17.6 Å². The fraction of sp³-hybridized carbons (Fsp3) is 0.467. The second kappa shape index (κ2) is 7.19. The number of hydrogen-bond donors (Lipinski definition) is 2. The van der Waals surface area contributed by atoms with Crippen molar-refractivity contribution < 1.29 is 9.32 Å². The molecule has 0 aromatic carbocycles. The summed E-state index contributed by atoms with van der Waals surface area (Å²) in [5, 5.41) is 17.8. The van der Waals surface area contributed by atoms with E-state index < -0.39 is 0 Å². The molecule has 8 heteroatoms. The third-order valence-electron chi connectivity index (χ3n) is 3.75. The number of nitrogens with one attached hydrogen (secondary N) is 2. The standard InChI is InChI=1S/C15H20N6O2/c1-11-8-15(23-20-11)18-14(22)9-16-12-4-3-7-21(10-12)13-5-2-6-17-19-13/h2,5-6,8,12,16H,3-4,7,9-10H2,1H3,(H,18,22)/t12-/m0/s1. The van der Waals surface area contributed by atoms with Crippen molar-refractivity contribution in [3.8, 4) is 0 Å². The maximum atomic E-state index is 11.9. The van der Waals surface area contributed by atoms with Gasteiger partial charge in [-0.05, 0) is 31.9 Å². The lowest BCUT2D eigenvalue weighted by molar-refractivity contribution is -0.115. The van der Waals surface area contributed by atoms with Gasteiger partial charge in [0, 0.05) is 31.4 Å². The number of amides is 1. The average molecular weight is 316 g/mol. The highest BCUT2D eigenvalue weighted by atomic mass is 16.5. The van der Waals surface area contributed by atoms with Crippen molar-refractivity contribution in [3.63, 3.8) is 0 Å². The van der Waals surface area contributed by atoms with Gasteiger partial charge in [-0.3, -0.25) is 10.1 Å². The van der Waals surface area contributed by atoms with E-state index in [1.807, 2.05) is 12.1 Å². The first-order chi connectivity index (χ1) is 11.2. The third-order valence-corrected chi connectivity index (χ3v) is 3.75. The number of nitrogens with zero attached hydrogens (tertiary/aromatic N) is 4. The van der Waals surface area contributed by atoms with Crippen LogP contribution in [0.15, 0.2) is 28.9 Å². The first-order valence-corrected chi connectivity index (χ1v) is 7.70. The molecule has 1 fully saturated rings. The van der Waals surface area contributed by atoms with Gasteiger partial charge in [-0.15, -0.1) is 5.10 Å².